The maximum absolute atomic E-state index is 5.22. The van der Waals surface area contributed by atoms with Gasteiger partial charge in [-0.2, -0.15) is 0 Å². The second kappa shape index (κ2) is 12.4. The lowest BCUT2D eigenvalue weighted by Gasteiger charge is -2.14. The lowest BCUT2D eigenvalue weighted by Crippen LogP contribution is -2.01. The van der Waals surface area contributed by atoms with E-state index in [1.807, 2.05) is 24.5 Å². The van der Waals surface area contributed by atoms with Crippen LogP contribution >= 0.6 is 0 Å². The van der Waals surface area contributed by atoms with Crippen molar-refractivity contribution in [3.05, 3.63) is 182 Å². The van der Waals surface area contributed by atoms with Gasteiger partial charge in [0.15, 0.2) is 17.5 Å². The Morgan fingerprint density at radius 3 is 1.62 bits per heavy atom. The van der Waals surface area contributed by atoms with Crippen LogP contribution in [0.1, 0.15) is 0 Å². The summed E-state index contributed by atoms with van der Waals surface area (Å²) >= 11 is 0. The molecule has 0 aliphatic rings. The minimum atomic E-state index is 0.583. The normalized spacial score (nSPS) is 11.5. The second-order valence-corrected chi connectivity index (χ2v) is 13.1. The third kappa shape index (κ3) is 5.17. The van der Waals surface area contributed by atoms with E-state index in [2.05, 4.69) is 158 Å². The van der Waals surface area contributed by atoms with Gasteiger partial charge in [-0.25, -0.2) is 15.0 Å². The molecule has 0 saturated carbocycles. The molecule has 10 aromatic rings. The lowest BCUT2D eigenvalue weighted by atomic mass is 9.92. The molecular weight excluding hydrogens is 633 g/mol. The van der Waals surface area contributed by atoms with Gasteiger partial charge in [-0.05, 0) is 72.1 Å². The molecule has 242 valence electrons. The highest BCUT2D eigenvalue weighted by molar-refractivity contribution is 6.18. The van der Waals surface area contributed by atoms with Crippen LogP contribution in [0.2, 0.25) is 0 Å². The molecule has 0 spiro atoms. The summed E-state index contributed by atoms with van der Waals surface area (Å²) in [4.78, 5) is 20.3. The molecule has 0 N–H and O–H groups in total. The van der Waals surface area contributed by atoms with Crippen LogP contribution in [0, 0.1) is 0 Å². The van der Waals surface area contributed by atoms with Crippen molar-refractivity contribution >= 4 is 43.1 Å². The number of aromatic nitrogens is 4. The zero-order valence-electron chi connectivity index (χ0n) is 28.1. The van der Waals surface area contributed by atoms with Crippen molar-refractivity contribution in [1.82, 2.24) is 19.9 Å². The third-order valence-electron chi connectivity index (χ3n) is 10.00. The first-order chi connectivity index (χ1) is 25.8. The first-order valence-corrected chi connectivity index (χ1v) is 17.5. The zero-order chi connectivity index (χ0) is 34.4. The van der Waals surface area contributed by atoms with Gasteiger partial charge in [-0.1, -0.05) is 158 Å². The number of benzene rings is 8. The smallest absolute Gasteiger partial charge is 0.166 e. The summed E-state index contributed by atoms with van der Waals surface area (Å²) in [5, 5.41) is 9.20. The fraction of sp³-hybridized carbons (Fsp3) is 0. The number of hydrogen-bond donors (Lipinski definition) is 0. The molecule has 0 atom stereocenters. The fourth-order valence-corrected chi connectivity index (χ4v) is 7.41. The van der Waals surface area contributed by atoms with Crippen LogP contribution in [-0.2, 0) is 0 Å². The monoisotopic (exact) mass is 662 g/mol. The summed E-state index contributed by atoms with van der Waals surface area (Å²) in [7, 11) is 0. The standard InChI is InChI=1S/C48H30N4/c1-3-12-32(13-4-1)39-23-22-37(28-43(39)33-14-5-2-6-15-33)47-50-46(36-20-19-31-11-7-8-17-35(31)27-36)51-48(52-47)45-30-49-29-44-41-24-21-34-16-9-10-18-38(34)40(41)25-26-42(44)45/h1-30H. The molecule has 52 heavy (non-hydrogen) atoms. The molecule has 0 fully saturated rings. The van der Waals surface area contributed by atoms with Gasteiger partial charge in [0.1, 0.15) is 0 Å². The Bertz CT molecular complexity index is 2960. The van der Waals surface area contributed by atoms with Crippen LogP contribution in [0.5, 0.6) is 0 Å². The summed E-state index contributed by atoms with van der Waals surface area (Å²) < 4.78 is 0. The quantitative estimate of drug-likeness (QED) is 0.172. The molecule has 0 saturated heterocycles. The molecule has 0 bridgehead atoms. The molecule has 0 radical (unpaired) electrons. The van der Waals surface area contributed by atoms with Gasteiger partial charge in [-0.15, -0.1) is 0 Å². The second-order valence-electron chi connectivity index (χ2n) is 13.1. The van der Waals surface area contributed by atoms with Gasteiger partial charge in [0, 0.05) is 34.5 Å². The van der Waals surface area contributed by atoms with Crippen molar-refractivity contribution in [3.8, 4) is 56.4 Å². The number of pyridine rings is 1. The van der Waals surface area contributed by atoms with Gasteiger partial charge in [0.2, 0.25) is 0 Å². The summed E-state index contributed by atoms with van der Waals surface area (Å²) in [5.41, 5.74) is 7.25. The lowest BCUT2D eigenvalue weighted by molar-refractivity contribution is 1.07. The molecule has 2 aromatic heterocycles. The Balaban J connectivity index is 1.21. The van der Waals surface area contributed by atoms with Crippen LogP contribution < -0.4 is 0 Å². The first kappa shape index (κ1) is 29.8. The van der Waals surface area contributed by atoms with Crippen molar-refractivity contribution in [3.63, 3.8) is 0 Å². The van der Waals surface area contributed by atoms with E-state index in [1.54, 1.807) is 0 Å². The van der Waals surface area contributed by atoms with Crippen molar-refractivity contribution in [2.45, 2.75) is 0 Å². The molecular formula is C48H30N4. The van der Waals surface area contributed by atoms with E-state index >= 15 is 0 Å². The number of hydrogen-bond acceptors (Lipinski definition) is 4. The fourth-order valence-electron chi connectivity index (χ4n) is 7.41. The van der Waals surface area contributed by atoms with Crippen LogP contribution in [-0.4, -0.2) is 19.9 Å². The molecule has 0 amide bonds. The van der Waals surface area contributed by atoms with E-state index in [-0.39, 0.29) is 0 Å². The van der Waals surface area contributed by atoms with Gasteiger partial charge < -0.3 is 0 Å². The maximum Gasteiger partial charge on any atom is 0.166 e. The van der Waals surface area contributed by atoms with Crippen molar-refractivity contribution in [2.24, 2.45) is 0 Å². The average Bonchev–Trinajstić information content (AvgIpc) is 3.23. The third-order valence-corrected chi connectivity index (χ3v) is 10.00. The molecule has 0 aliphatic heterocycles. The highest BCUT2D eigenvalue weighted by Crippen LogP contribution is 2.38. The van der Waals surface area contributed by atoms with E-state index < -0.39 is 0 Å². The highest BCUT2D eigenvalue weighted by atomic mass is 15.0. The number of nitrogens with zero attached hydrogens (tertiary/aromatic N) is 4. The predicted molar refractivity (Wildman–Crippen MR) is 215 cm³/mol. The molecule has 2 heterocycles. The van der Waals surface area contributed by atoms with E-state index in [1.165, 1.54) is 21.5 Å². The van der Waals surface area contributed by atoms with Gasteiger partial charge in [-0.3, -0.25) is 4.98 Å². The molecule has 0 aliphatic carbocycles. The van der Waals surface area contributed by atoms with Crippen LogP contribution in [0.4, 0.5) is 0 Å². The Morgan fingerprint density at radius 1 is 0.269 bits per heavy atom. The van der Waals surface area contributed by atoms with Crippen LogP contribution in [0.3, 0.4) is 0 Å². The zero-order valence-corrected chi connectivity index (χ0v) is 28.1. The Labute approximate surface area is 300 Å². The SMILES string of the molecule is c1ccc(-c2ccc(-c3nc(-c4ccc5ccccc5c4)nc(-c4cncc5c4ccc4c6ccccc6ccc54)n3)cc2-c2ccccc2)cc1. The van der Waals surface area contributed by atoms with E-state index in [9.17, 15) is 0 Å². The van der Waals surface area contributed by atoms with E-state index in [0.717, 1.165) is 60.5 Å². The van der Waals surface area contributed by atoms with Crippen LogP contribution in [0.15, 0.2) is 182 Å². The minimum absolute atomic E-state index is 0.583. The summed E-state index contributed by atoms with van der Waals surface area (Å²) in [5.74, 6) is 1.80. The molecule has 4 heteroatoms. The first-order valence-electron chi connectivity index (χ1n) is 17.5. The molecule has 4 nitrogen and oxygen atoms in total. The van der Waals surface area contributed by atoms with E-state index in [0.29, 0.717) is 17.5 Å². The van der Waals surface area contributed by atoms with Crippen molar-refractivity contribution in [2.75, 3.05) is 0 Å². The van der Waals surface area contributed by atoms with Gasteiger partial charge >= 0.3 is 0 Å². The highest BCUT2D eigenvalue weighted by Gasteiger charge is 2.18. The summed E-state index contributed by atoms with van der Waals surface area (Å²) in [6, 6.07) is 59.6. The molecule has 8 aromatic carbocycles. The topological polar surface area (TPSA) is 51.6 Å². The predicted octanol–water partition coefficient (Wildman–Crippen LogP) is 12.2. The van der Waals surface area contributed by atoms with Crippen LogP contribution in [0.25, 0.3) is 99.5 Å². The Morgan fingerprint density at radius 2 is 0.827 bits per heavy atom. The van der Waals surface area contributed by atoms with Crippen molar-refractivity contribution in [1.29, 1.82) is 0 Å². The average molecular weight is 663 g/mol. The largest absolute Gasteiger partial charge is 0.263 e. The van der Waals surface area contributed by atoms with Gasteiger partial charge in [0.25, 0.3) is 0 Å². The van der Waals surface area contributed by atoms with Gasteiger partial charge in [0.05, 0.1) is 0 Å². The number of rotatable bonds is 5. The minimum Gasteiger partial charge on any atom is -0.263 e. The van der Waals surface area contributed by atoms with Crippen molar-refractivity contribution < 1.29 is 0 Å². The molecule has 0 unspecified atom stereocenters. The Kier molecular flexibility index (Phi) is 7.10. The number of fused-ring (bicyclic) bond motifs is 6. The summed E-state index contributed by atoms with van der Waals surface area (Å²) in [6.07, 6.45) is 3.84. The maximum atomic E-state index is 5.22. The van der Waals surface area contributed by atoms with E-state index in [4.69, 9.17) is 19.9 Å². The summed E-state index contributed by atoms with van der Waals surface area (Å²) in [6.45, 7) is 0. The molecule has 10 rings (SSSR count). The Hall–Kier alpha value is -7.04.